The highest BCUT2D eigenvalue weighted by molar-refractivity contribution is 5.85. The van der Waals surface area contributed by atoms with Gasteiger partial charge in [0, 0.05) is 32.7 Å². The molecule has 0 saturated carbocycles. The number of nitrogens with one attached hydrogen (secondary N) is 2. The lowest BCUT2D eigenvalue weighted by Crippen LogP contribution is -2.57. The lowest BCUT2D eigenvalue weighted by Gasteiger charge is -2.35. The van der Waals surface area contributed by atoms with Crippen molar-refractivity contribution in [1.29, 1.82) is 0 Å². The Bertz CT molecular complexity index is 650. The third-order valence-corrected chi connectivity index (χ3v) is 4.81. The average Bonchev–Trinajstić information content (AvgIpc) is 2.59. The molecule has 1 aromatic rings. The monoisotopic (exact) mass is 423 g/mol. The summed E-state index contributed by atoms with van der Waals surface area (Å²) in [5, 5.41) is 5.44. The number of carbonyl (C=O) groups excluding carboxylic acids is 1. The highest BCUT2D eigenvalue weighted by atomic mass is 35.5. The highest BCUT2D eigenvalue weighted by Crippen LogP contribution is 2.25. The van der Waals surface area contributed by atoms with Crippen LogP contribution in [0.25, 0.3) is 0 Å². The zero-order valence-corrected chi connectivity index (χ0v) is 17.3. The van der Waals surface area contributed by atoms with Crippen LogP contribution < -0.4 is 15.4 Å². The van der Waals surface area contributed by atoms with E-state index in [4.69, 9.17) is 4.74 Å². The van der Waals surface area contributed by atoms with E-state index < -0.39 is 24.7 Å². The summed E-state index contributed by atoms with van der Waals surface area (Å²) in [6, 6.07) is 2.28. The highest BCUT2D eigenvalue weighted by Gasteiger charge is 2.43. The number of halogens is 4. The predicted molar refractivity (Wildman–Crippen MR) is 105 cm³/mol. The van der Waals surface area contributed by atoms with Crippen LogP contribution in [0.4, 0.5) is 13.2 Å². The number of hydrogen-bond acceptors (Lipinski definition) is 4. The smallest absolute Gasteiger partial charge is 0.405 e. The molecule has 1 aromatic carbocycles. The summed E-state index contributed by atoms with van der Waals surface area (Å²) in [7, 11) is 0. The molecule has 1 saturated heterocycles. The van der Waals surface area contributed by atoms with Crippen molar-refractivity contribution in [2.75, 3.05) is 39.3 Å². The molecule has 0 spiro atoms. The van der Waals surface area contributed by atoms with Crippen molar-refractivity contribution in [3.05, 3.63) is 28.8 Å². The third kappa shape index (κ3) is 7.14. The van der Waals surface area contributed by atoms with Crippen molar-refractivity contribution in [3.8, 4) is 5.75 Å². The van der Waals surface area contributed by atoms with Crippen LogP contribution in [-0.2, 0) is 4.79 Å². The lowest BCUT2D eigenvalue weighted by molar-refractivity contribution is -0.184. The fourth-order valence-electron chi connectivity index (χ4n) is 3.15. The average molecular weight is 424 g/mol. The predicted octanol–water partition coefficient (Wildman–Crippen LogP) is 2.75. The Hall–Kier alpha value is -1.51. The zero-order chi connectivity index (χ0) is 20.0. The summed E-state index contributed by atoms with van der Waals surface area (Å²) < 4.78 is 45.6. The van der Waals surface area contributed by atoms with Gasteiger partial charge < -0.3 is 15.4 Å². The van der Waals surface area contributed by atoms with Crippen molar-refractivity contribution in [1.82, 2.24) is 15.5 Å². The molecule has 1 fully saturated rings. The largest absolute Gasteiger partial charge is 0.493 e. The Labute approximate surface area is 170 Å². The summed E-state index contributed by atoms with van der Waals surface area (Å²) in [6.45, 7) is 7.22. The van der Waals surface area contributed by atoms with E-state index in [1.807, 2.05) is 32.9 Å². The van der Waals surface area contributed by atoms with Gasteiger partial charge in [-0.1, -0.05) is 6.07 Å². The second-order valence-electron chi connectivity index (χ2n) is 6.95. The van der Waals surface area contributed by atoms with Crippen molar-refractivity contribution in [2.45, 2.75) is 39.4 Å². The first kappa shape index (κ1) is 24.5. The number of amides is 1. The minimum Gasteiger partial charge on any atom is -0.493 e. The third-order valence-electron chi connectivity index (χ3n) is 4.81. The van der Waals surface area contributed by atoms with Crippen LogP contribution in [0.2, 0.25) is 0 Å². The standard InChI is InChI=1S/C19H28F3N3O2.ClH/c1-13-10-14(2)15(3)16(11-13)27-9-4-18(26)24-12-17(19(20,21)22)25-7-5-23-6-8-25;/h10-11,17,23H,4-9,12H2,1-3H3,(H,24,26);1H. The van der Waals surface area contributed by atoms with E-state index in [-0.39, 0.29) is 25.4 Å². The molecule has 0 bridgehead atoms. The number of carbonyl (C=O) groups is 1. The van der Waals surface area contributed by atoms with Gasteiger partial charge in [-0.2, -0.15) is 13.2 Å². The number of nitrogens with zero attached hydrogens (tertiary/aromatic N) is 1. The Kier molecular flexibility index (Phi) is 9.53. The summed E-state index contributed by atoms with van der Waals surface area (Å²) in [5.41, 5.74) is 3.15. The summed E-state index contributed by atoms with van der Waals surface area (Å²) in [5.74, 6) is 0.260. The van der Waals surface area contributed by atoms with Gasteiger partial charge in [0.1, 0.15) is 11.8 Å². The molecule has 1 heterocycles. The molecule has 0 radical (unpaired) electrons. The van der Waals surface area contributed by atoms with Gasteiger partial charge in [-0.3, -0.25) is 9.69 Å². The molecule has 0 aliphatic carbocycles. The van der Waals surface area contributed by atoms with E-state index in [2.05, 4.69) is 10.6 Å². The Balaban J connectivity index is 0.00000392. The van der Waals surface area contributed by atoms with E-state index >= 15 is 0 Å². The molecular weight excluding hydrogens is 395 g/mol. The maximum Gasteiger partial charge on any atom is 0.405 e. The van der Waals surface area contributed by atoms with E-state index in [1.165, 1.54) is 4.90 Å². The van der Waals surface area contributed by atoms with Crippen LogP contribution >= 0.6 is 12.4 Å². The maximum atomic E-state index is 13.3. The second-order valence-corrected chi connectivity index (χ2v) is 6.95. The van der Waals surface area contributed by atoms with E-state index in [0.29, 0.717) is 31.9 Å². The van der Waals surface area contributed by atoms with Crippen LogP contribution in [0, 0.1) is 20.8 Å². The number of ether oxygens (including phenoxy) is 1. The minimum absolute atomic E-state index is 0. The first-order valence-corrected chi connectivity index (χ1v) is 9.17. The van der Waals surface area contributed by atoms with Gasteiger partial charge in [0.05, 0.1) is 13.0 Å². The molecule has 1 aliphatic heterocycles. The SMILES string of the molecule is Cc1cc(C)c(C)c(OCCC(=O)NCC(N2CCNCC2)C(F)(F)F)c1.Cl. The lowest BCUT2D eigenvalue weighted by atomic mass is 10.1. The summed E-state index contributed by atoms with van der Waals surface area (Å²) in [6.07, 6.45) is -4.37. The van der Waals surface area contributed by atoms with Crippen LogP contribution in [0.3, 0.4) is 0 Å². The fourth-order valence-corrected chi connectivity index (χ4v) is 3.15. The van der Waals surface area contributed by atoms with Gasteiger partial charge in [0.2, 0.25) is 5.91 Å². The number of piperazine rings is 1. The van der Waals surface area contributed by atoms with Gasteiger partial charge >= 0.3 is 6.18 Å². The molecule has 160 valence electrons. The minimum atomic E-state index is -4.38. The Morgan fingerprint density at radius 2 is 1.89 bits per heavy atom. The molecule has 28 heavy (non-hydrogen) atoms. The normalized spacial score (nSPS) is 16.2. The van der Waals surface area contributed by atoms with E-state index in [0.717, 1.165) is 16.7 Å². The number of rotatable bonds is 7. The van der Waals surface area contributed by atoms with Crippen LogP contribution in [0.1, 0.15) is 23.1 Å². The molecule has 1 aliphatic rings. The van der Waals surface area contributed by atoms with Crippen LogP contribution in [0.15, 0.2) is 12.1 Å². The van der Waals surface area contributed by atoms with Gasteiger partial charge in [-0.25, -0.2) is 0 Å². The Morgan fingerprint density at radius 3 is 2.50 bits per heavy atom. The zero-order valence-electron chi connectivity index (χ0n) is 16.5. The van der Waals surface area contributed by atoms with Gasteiger partial charge in [-0.05, 0) is 43.5 Å². The number of hydrogen-bond donors (Lipinski definition) is 2. The Morgan fingerprint density at radius 1 is 1.25 bits per heavy atom. The van der Waals surface area contributed by atoms with E-state index in [1.54, 1.807) is 0 Å². The second kappa shape index (κ2) is 10.9. The first-order valence-electron chi connectivity index (χ1n) is 9.17. The molecule has 9 heteroatoms. The van der Waals surface area contributed by atoms with Crippen molar-refractivity contribution in [3.63, 3.8) is 0 Å². The molecule has 2 N–H and O–H groups in total. The molecular formula is C19H29ClF3N3O2. The quantitative estimate of drug-likeness (QED) is 0.708. The number of aryl methyl sites for hydroxylation is 2. The van der Waals surface area contributed by atoms with E-state index in [9.17, 15) is 18.0 Å². The molecule has 1 amide bonds. The summed E-state index contributed by atoms with van der Waals surface area (Å²) in [4.78, 5) is 13.3. The fraction of sp³-hybridized carbons (Fsp3) is 0.632. The summed E-state index contributed by atoms with van der Waals surface area (Å²) >= 11 is 0. The molecule has 0 aromatic heterocycles. The van der Waals surface area contributed by atoms with Crippen molar-refractivity contribution >= 4 is 18.3 Å². The molecule has 5 nitrogen and oxygen atoms in total. The molecule has 2 rings (SSSR count). The van der Waals surface area contributed by atoms with Crippen molar-refractivity contribution < 1.29 is 22.7 Å². The first-order chi connectivity index (χ1) is 12.7. The van der Waals surface area contributed by atoms with Gasteiger partial charge in [0.25, 0.3) is 0 Å². The topological polar surface area (TPSA) is 53.6 Å². The van der Waals surface area contributed by atoms with Crippen molar-refractivity contribution in [2.24, 2.45) is 0 Å². The van der Waals surface area contributed by atoms with Gasteiger partial charge in [0.15, 0.2) is 0 Å². The molecule has 1 unspecified atom stereocenters. The number of alkyl halides is 3. The van der Waals surface area contributed by atoms with Gasteiger partial charge in [-0.15, -0.1) is 12.4 Å². The van der Waals surface area contributed by atoms with Crippen LogP contribution in [0.5, 0.6) is 5.75 Å². The molecule has 1 atom stereocenters. The van der Waals surface area contributed by atoms with Crippen LogP contribution in [-0.4, -0.2) is 62.4 Å². The number of benzene rings is 1. The maximum absolute atomic E-state index is 13.3.